The van der Waals surface area contributed by atoms with Crippen molar-refractivity contribution < 1.29 is 4.79 Å². The van der Waals surface area contributed by atoms with Crippen LogP contribution in [0.3, 0.4) is 0 Å². The van der Waals surface area contributed by atoms with Gasteiger partial charge in [-0.2, -0.15) is 4.68 Å². The van der Waals surface area contributed by atoms with Crippen LogP contribution in [0.25, 0.3) is 16.4 Å². The van der Waals surface area contributed by atoms with E-state index in [1.165, 1.54) is 16.0 Å². The molecule has 2 aromatic heterocycles. The van der Waals surface area contributed by atoms with Crippen molar-refractivity contribution in [1.29, 1.82) is 0 Å². The van der Waals surface area contributed by atoms with Crippen molar-refractivity contribution in [3.8, 4) is 16.4 Å². The highest BCUT2D eigenvalue weighted by Crippen LogP contribution is 2.25. The van der Waals surface area contributed by atoms with Gasteiger partial charge in [0, 0.05) is 39.3 Å². The first-order valence-electron chi connectivity index (χ1n) is 9.79. The number of nitrogens with zero attached hydrogens (tertiary/aromatic N) is 2. The minimum atomic E-state index is -0.183. The zero-order valence-corrected chi connectivity index (χ0v) is 18.7. The van der Waals surface area contributed by atoms with E-state index in [1.807, 2.05) is 55.6 Å². The van der Waals surface area contributed by atoms with Gasteiger partial charge in [0.25, 0.3) is 5.56 Å². The van der Waals surface area contributed by atoms with Crippen molar-refractivity contribution in [3.05, 3.63) is 86.1 Å². The van der Waals surface area contributed by atoms with Crippen molar-refractivity contribution in [2.75, 3.05) is 5.32 Å². The number of carbonyl (C=O) groups excluding carboxylic acids is 1. The van der Waals surface area contributed by atoms with E-state index in [0.717, 1.165) is 28.2 Å². The summed E-state index contributed by atoms with van der Waals surface area (Å²) in [6.07, 6.45) is 0.566. The summed E-state index contributed by atoms with van der Waals surface area (Å²) in [6.45, 7) is 3.82. The Hall–Kier alpha value is -3.16. The Morgan fingerprint density at radius 3 is 2.55 bits per heavy atom. The largest absolute Gasteiger partial charge is 0.326 e. The van der Waals surface area contributed by atoms with Crippen molar-refractivity contribution in [1.82, 2.24) is 14.8 Å². The molecular weight excluding hydrogens is 432 g/mol. The van der Waals surface area contributed by atoms with Gasteiger partial charge in [0.05, 0.1) is 5.69 Å². The molecule has 0 atom stereocenters. The molecule has 4 rings (SSSR count). The Labute approximate surface area is 188 Å². The summed E-state index contributed by atoms with van der Waals surface area (Å²) in [4.78, 5) is 29.8. The lowest BCUT2D eigenvalue weighted by atomic mass is 10.1. The molecule has 0 aliphatic heterocycles. The number of amides is 1. The number of aromatic nitrogens is 3. The molecule has 2 heterocycles. The van der Waals surface area contributed by atoms with E-state index >= 15 is 0 Å². The number of nitrogens with one attached hydrogen (secondary N) is 2. The minimum Gasteiger partial charge on any atom is -0.326 e. The van der Waals surface area contributed by atoms with E-state index in [2.05, 4.69) is 15.4 Å². The fraction of sp³-hybridized carbons (Fsp3) is 0.174. The molecule has 0 saturated heterocycles. The van der Waals surface area contributed by atoms with Gasteiger partial charge in [0.15, 0.2) is 0 Å². The summed E-state index contributed by atoms with van der Waals surface area (Å²) in [6, 6.07) is 15.0. The number of aryl methyl sites for hydroxylation is 2. The average molecular weight is 453 g/mol. The molecule has 0 unspecified atom stereocenters. The lowest BCUT2D eigenvalue weighted by Gasteiger charge is -2.05. The third-order valence-corrected chi connectivity index (χ3v) is 6.03. The number of H-pyrrole nitrogens is 1. The Morgan fingerprint density at radius 2 is 1.84 bits per heavy atom. The molecule has 0 saturated carbocycles. The normalized spacial score (nSPS) is 10.9. The quantitative estimate of drug-likeness (QED) is 0.425. The van der Waals surface area contributed by atoms with Crippen LogP contribution in [0.4, 0.5) is 5.69 Å². The summed E-state index contributed by atoms with van der Waals surface area (Å²) >= 11 is 7.32. The lowest BCUT2D eigenvalue weighted by Crippen LogP contribution is -2.19. The fourth-order valence-electron chi connectivity index (χ4n) is 3.23. The van der Waals surface area contributed by atoms with Gasteiger partial charge in [-0.05, 0) is 44.5 Å². The van der Waals surface area contributed by atoms with Crippen LogP contribution in [0.2, 0.25) is 5.02 Å². The van der Waals surface area contributed by atoms with E-state index < -0.39 is 0 Å². The summed E-state index contributed by atoms with van der Waals surface area (Å²) in [5.74, 6) is -0.130. The molecule has 2 aromatic carbocycles. The predicted molar refractivity (Wildman–Crippen MR) is 125 cm³/mol. The van der Waals surface area contributed by atoms with Gasteiger partial charge in [-0.25, -0.2) is 4.98 Å². The first-order valence-corrected chi connectivity index (χ1v) is 11.1. The van der Waals surface area contributed by atoms with E-state index in [9.17, 15) is 9.59 Å². The number of carbonyl (C=O) groups is 1. The van der Waals surface area contributed by atoms with Crippen molar-refractivity contribution >= 4 is 34.5 Å². The Morgan fingerprint density at radius 1 is 1.13 bits per heavy atom. The van der Waals surface area contributed by atoms with Gasteiger partial charge in [-0.1, -0.05) is 41.4 Å². The molecule has 0 fully saturated rings. The zero-order valence-electron chi connectivity index (χ0n) is 17.1. The number of thiazole rings is 1. The first-order chi connectivity index (χ1) is 14.9. The second kappa shape index (κ2) is 8.91. The molecule has 158 valence electrons. The molecule has 0 bridgehead atoms. The summed E-state index contributed by atoms with van der Waals surface area (Å²) < 4.78 is 1.44. The second-order valence-corrected chi connectivity index (χ2v) is 8.57. The number of hydrogen-bond donors (Lipinski definition) is 2. The number of benzene rings is 2. The van der Waals surface area contributed by atoms with Crippen LogP contribution in [-0.2, 0) is 11.2 Å². The number of halogens is 1. The van der Waals surface area contributed by atoms with Crippen LogP contribution in [0.15, 0.2) is 58.7 Å². The third-order valence-electron chi connectivity index (χ3n) is 4.95. The van der Waals surface area contributed by atoms with Gasteiger partial charge in [0.2, 0.25) is 11.0 Å². The molecule has 8 heteroatoms. The topological polar surface area (TPSA) is 79.8 Å². The van der Waals surface area contributed by atoms with Crippen LogP contribution in [-0.4, -0.2) is 20.7 Å². The van der Waals surface area contributed by atoms with Crippen LogP contribution >= 0.6 is 22.9 Å². The molecule has 1 amide bonds. The highest BCUT2D eigenvalue weighted by atomic mass is 35.5. The van der Waals surface area contributed by atoms with Crippen molar-refractivity contribution in [3.63, 3.8) is 0 Å². The third kappa shape index (κ3) is 4.78. The van der Waals surface area contributed by atoms with Crippen molar-refractivity contribution in [2.45, 2.75) is 26.7 Å². The van der Waals surface area contributed by atoms with Gasteiger partial charge >= 0.3 is 0 Å². The van der Waals surface area contributed by atoms with Crippen molar-refractivity contribution in [2.24, 2.45) is 0 Å². The molecule has 4 aromatic rings. The van der Waals surface area contributed by atoms with Gasteiger partial charge in [0.1, 0.15) is 0 Å². The monoisotopic (exact) mass is 452 g/mol. The fourth-order valence-corrected chi connectivity index (χ4v) is 4.15. The summed E-state index contributed by atoms with van der Waals surface area (Å²) in [5.41, 5.74) is 4.71. The second-order valence-electron chi connectivity index (χ2n) is 7.29. The highest BCUT2D eigenvalue weighted by Gasteiger charge is 2.16. The van der Waals surface area contributed by atoms with E-state index in [0.29, 0.717) is 22.1 Å². The molecule has 2 N–H and O–H groups in total. The number of anilines is 1. The predicted octanol–water partition coefficient (Wildman–Crippen LogP) is 5.13. The first kappa shape index (κ1) is 21.1. The van der Waals surface area contributed by atoms with Crippen LogP contribution in [0.5, 0.6) is 0 Å². The van der Waals surface area contributed by atoms with E-state index in [-0.39, 0.29) is 17.9 Å². The molecule has 6 nitrogen and oxygen atoms in total. The van der Waals surface area contributed by atoms with Crippen LogP contribution in [0.1, 0.15) is 23.2 Å². The SMILES string of the molecule is Cc1ccc(NC(=O)CCc2c(C)[nH]n(-c3nc(-c4ccc(Cl)cc4)cs3)c2=O)cc1. The van der Waals surface area contributed by atoms with Gasteiger partial charge in [-0.15, -0.1) is 11.3 Å². The molecule has 0 aliphatic rings. The standard InChI is InChI=1S/C23H21ClN4O2S/c1-14-3-9-18(10-4-14)25-21(29)12-11-19-15(2)27-28(22(19)30)23-26-20(13-31-23)16-5-7-17(24)8-6-16/h3-10,13,27H,11-12H2,1-2H3,(H,25,29). The Bertz CT molecular complexity index is 1270. The van der Waals surface area contributed by atoms with Crippen LogP contribution < -0.4 is 10.9 Å². The molecule has 0 radical (unpaired) electrons. The lowest BCUT2D eigenvalue weighted by molar-refractivity contribution is -0.116. The summed E-state index contributed by atoms with van der Waals surface area (Å²) in [5, 5.41) is 9.05. The average Bonchev–Trinajstić information content (AvgIpc) is 3.34. The smallest absolute Gasteiger partial charge is 0.276 e. The Balaban J connectivity index is 1.47. The number of aromatic amines is 1. The minimum absolute atomic E-state index is 0.130. The number of rotatable bonds is 6. The summed E-state index contributed by atoms with van der Waals surface area (Å²) in [7, 11) is 0. The van der Waals surface area contributed by atoms with Gasteiger partial charge < -0.3 is 5.32 Å². The molecular formula is C23H21ClN4O2S. The molecule has 31 heavy (non-hydrogen) atoms. The highest BCUT2D eigenvalue weighted by molar-refractivity contribution is 7.12. The maximum atomic E-state index is 12.9. The zero-order chi connectivity index (χ0) is 22.0. The maximum absolute atomic E-state index is 12.9. The number of hydrogen-bond acceptors (Lipinski definition) is 4. The molecule has 0 aliphatic carbocycles. The van der Waals surface area contributed by atoms with Crippen LogP contribution in [0, 0.1) is 13.8 Å². The Kier molecular flexibility index (Phi) is 6.06. The maximum Gasteiger partial charge on any atom is 0.276 e. The van der Waals surface area contributed by atoms with Gasteiger partial charge in [-0.3, -0.25) is 14.7 Å². The van der Waals surface area contributed by atoms with E-state index in [4.69, 9.17) is 11.6 Å². The van der Waals surface area contributed by atoms with E-state index in [1.54, 1.807) is 12.1 Å². The molecule has 0 spiro atoms.